The molecule has 28 heavy (non-hydrogen) atoms. The molecular weight excluding hydrogens is 382 g/mol. The van der Waals surface area contributed by atoms with E-state index in [0.29, 0.717) is 4.80 Å². The zero-order chi connectivity index (χ0) is 20.0. The maximum Gasteiger partial charge on any atom is 0.332 e. The number of nitrogens with one attached hydrogen (secondary N) is 1. The Morgan fingerprint density at radius 2 is 1.89 bits per heavy atom. The van der Waals surface area contributed by atoms with E-state index in [0.717, 1.165) is 14.8 Å². The van der Waals surface area contributed by atoms with E-state index < -0.39 is 17.2 Å². The van der Waals surface area contributed by atoms with Crippen LogP contribution in [0.2, 0.25) is 0 Å². The Kier molecular flexibility index (Phi) is 4.23. The summed E-state index contributed by atoms with van der Waals surface area (Å²) in [6, 6.07) is 7.84. The number of rotatable bonds is 3. The molecule has 0 unspecified atom stereocenters. The molecule has 10 nitrogen and oxygen atoms in total. The van der Waals surface area contributed by atoms with Gasteiger partial charge in [-0.25, -0.2) is 15.2 Å². The van der Waals surface area contributed by atoms with E-state index in [1.54, 1.807) is 0 Å². The zero-order valence-corrected chi connectivity index (χ0v) is 16.2. The third-order valence-electron chi connectivity index (χ3n) is 4.52. The Morgan fingerprint density at radius 3 is 2.64 bits per heavy atom. The van der Waals surface area contributed by atoms with Crippen LogP contribution in [0.25, 0.3) is 21.4 Å². The van der Waals surface area contributed by atoms with Crippen molar-refractivity contribution in [1.29, 1.82) is 0 Å². The lowest BCUT2D eigenvalue weighted by atomic mass is 10.3. The van der Waals surface area contributed by atoms with E-state index in [1.807, 2.05) is 35.9 Å². The smallest absolute Gasteiger partial charge is 0.318 e. The van der Waals surface area contributed by atoms with E-state index in [9.17, 15) is 14.4 Å². The summed E-state index contributed by atoms with van der Waals surface area (Å²) in [7, 11) is 4.79. The number of imidazole rings is 1. The number of aryl methyl sites for hydroxylation is 2. The Morgan fingerprint density at radius 1 is 1.14 bits per heavy atom. The van der Waals surface area contributed by atoms with Crippen molar-refractivity contribution in [3.05, 3.63) is 56.2 Å². The standard InChI is InChI=1S/C17H17N7O3S/c1-21-10-6-4-5-7-11(10)28-16(21)20-19-12(25)8-24-9-18-14-13(24)15(26)23(3)17(27)22(14)2/h4-7,9H,8H2,1-3H3,(H,19,25)/b20-16-. The van der Waals surface area contributed by atoms with Gasteiger partial charge in [-0.1, -0.05) is 23.5 Å². The zero-order valence-electron chi connectivity index (χ0n) is 15.4. The van der Waals surface area contributed by atoms with Crippen LogP contribution in [0.1, 0.15) is 0 Å². The molecule has 11 heteroatoms. The molecule has 0 aliphatic carbocycles. The molecule has 0 aliphatic heterocycles. The van der Waals surface area contributed by atoms with E-state index in [2.05, 4.69) is 15.5 Å². The summed E-state index contributed by atoms with van der Waals surface area (Å²) in [6.07, 6.45) is 1.37. The van der Waals surface area contributed by atoms with Crippen molar-refractivity contribution in [2.24, 2.45) is 26.2 Å². The predicted octanol–water partition coefficient (Wildman–Crippen LogP) is -0.381. The first-order valence-electron chi connectivity index (χ1n) is 8.36. The molecule has 0 aliphatic rings. The highest BCUT2D eigenvalue weighted by atomic mass is 32.1. The Labute approximate surface area is 161 Å². The fraction of sp³-hybridized carbons (Fsp3) is 0.235. The fourth-order valence-corrected chi connectivity index (χ4v) is 3.98. The monoisotopic (exact) mass is 399 g/mol. The van der Waals surface area contributed by atoms with Crippen LogP contribution in [0.4, 0.5) is 0 Å². The van der Waals surface area contributed by atoms with Crippen LogP contribution >= 0.6 is 11.3 Å². The maximum absolute atomic E-state index is 12.4. The second kappa shape index (κ2) is 6.60. The highest BCUT2D eigenvalue weighted by Gasteiger charge is 2.15. The molecule has 0 atom stereocenters. The molecule has 0 spiro atoms. The number of carbonyl (C=O) groups excluding carboxylic acids is 1. The summed E-state index contributed by atoms with van der Waals surface area (Å²) in [5.41, 5.74) is 2.97. The quantitative estimate of drug-likeness (QED) is 0.474. The molecule has 0 bridgehead atoms. The third-order valence-corrected chi connectivity index (χ3v) is 5.64. The lowest BCUT2D eigenvalue weighted by molar-refractivity contribution is -0.121. The first kappa shape index (κ1) is 17.9. The molecule has 0 saturated heterocycles. The van der Waals surface area contributed by atoms with Gasteiger partial charge in [0.1, 0.15) is 6.54 Å². The molecule has 1 N–H and O–H groups in total. The summed E-state index contributed by atoms with van der Waals surface area (Å²) in [4.78, 5) is 41.5. The van der Waals surface area contributed by atoms with Crippen molar-refractivity contribution < 1.29 is 4.79 Å². The Hall–Kier alpha value is -3.47. The van der Waals surface area contributed by atoms with Crippen LogP contribution < -0.4 is 21.5 Å². The van der Waals surface area contributed by atoms with Crippen molar-refractivity contribution in [3.63, 3.8) is 0 Å². The topological polar surface area (TPSA) is 108 Å². The van der Waals surface area contributed by atoms with Crippen molar-refractivity contribution in [2.45, 2.75) is 6.54 Å². The number of hydrogen-bond donors (Lipinski definition) is 1. The Bertz CT molecular complexity index is 1420. The largest absolute Gasteiger partial charge is 0.332 e. The van der Waals surface area contributed by atoms with Crippen LogP contribution in [-0.2, 0) is 32.5 Å². The number of nitrogens with zero attached hydrogens (tertiary/aromatic N) is 6. The molecule has 1 aromatic carbocycles. The van der Waals surface area contributed by atoms with Gasteiger partial charge in [0, 0.05) is 21.1 Å². The first-order chi connectivity index (χ1) is 13.4. The molecule has 4 rings (SSSR count). The number of amides is 1. The maximum atomic E-state index is 12.4. The van der Waals surface area contributed by atoms with Crippen molar-refractivity contribution >= 4 is 38.6 Å². The fourth-order valence-electron chi connectivity index (χ4n) is 3.01. The number of thiazole rings is 1. The van der Waals surface area contributed by atoms with Gasteiger partial charge in [0.15, 0.2) is 11.2 Å². The SMILES string of the molecule is Cn1c(=O)c2c(ncn2CC(=O)N/N=c2\sc3ccccc3n2C)n(C)c1=O. The van der Waals surface area contributed by atoms with Gasteiger partial charge in [0.05, 0.1) is 16.5 Å². The van der Waals surface area contributed by atoms with Crippen LogP contribution in [0.3, 0.4) is 0 Å². The minimum Gasteiger partial charge on any atom is -0.318 e. The summed E-state index contributed by atoms with van der Waals surface area (Å²) in [5.74, 6) is -0.410. The first-order valence-corrected chi connectivity index (χ1v) is 9.18. The molecule has 0 saturated carbocycles. The molecule has 0 fully saturated rings. The lowest BCUT2D eigenvalue weighted by Crippen LogP contribution is -2.38. The number of aromatic nitrogens is 5. The van der Waals surface area contributed by atoms with Gasteiger partial charge < -0.3 is 9.13 Å². The average molecular weight is 399 g/mol. The number of hydrogen-bond acceptors (Lipinski definition) is 6. The van der Waals surface area contributed by atoms with Gasteiger partial charge in [-0.2, -0.15) is 0 Å². The summed E-state index contributed by atoms with van der Waals surface area (Å²) in [6.45, 7) is -0.151. The number of benzene rings is 1. The van der Waals surface area contributed by atoms with E-state index in [4.69, 9.17) is 0 Å². The predicted molar refractivity (Wildman–Crippen MR) is 105 cm³/mol. The van der Waals surface area contributed by atoms with E-state index >= 15 is 0 Å². The molecule has 3 heterocycles. The normalized spacial score (nSPS) is 12.2. The van der Waals surface area contributed by atoms with Crippen LogP contribution in [0.5, 0.6) is 0 Å². The average Bonchev–Trinajstić information content (AvgIpc) is 3.25. The summed E-state index contributed by atoms with van der Waals surface area (Å²) in [5, 5.41) is 4.18. The van der Waals surface area contributed by atoms with Crippen LogP contribution in [-0.4, -0.2) is 29.2 Å². The van der Waals surface area contributed by atoms with Crippen molar-refractivity contribution in [2.75, 3.05) is 0 Å². The van der Waals surface area contributed by atoms with Crippen molar-refractivity contribution in [3.8, 4) is 0 Å². The minimum absolute atomic E-state index is 0.151. The molecular formula is C17H17N7O3S. The molecule has 0 radical (unpaired) electrons. The van der Waals surface area contributed by atoms with Gasteiger partial charge in [-0.3, -0.25) is 18.7 Å². The highest BCUT2D eigenvalue weighted by molar-refractivity contribution is 7.16. The number of para-hydroxylation sites is 1. The highest BCUT2D eigenvalue weighted by Crippen LogP contribution is 2.14. The van der Waals surface area contributed by atoms with Gasteiger partial charge in [0.25, 0.3) is 11.5 Å². The number of fused-ring (bicyclic) bond motifs is 2. The van der Waals surface area contributed by atoms with Gasteiger partial charge in [0.2, 0.25) is 4.80 Å². The van der Waals surface area contributed by atoms with Crippen LogP contribution in [0, 0.1) is 0 Å². The van der Waals surface area contributed by atoms with Gasteiger partial charge in [-0.05, 0) is 12.1 Å². The van der Waals surface area contributed by atoms with Crippen molar-refractivity contribution in [1.82, 2.24) is 28.7 Å². The minimum atomic E-state index is -0.503. The van der Waals surface area contributed by atoms with Gasteiger partial charge >= 0.3 is 5.69 Å². The van der Waals surface area contributed by atoms with Gasteiger partial charge in [-0.15, -0.1) is 5.10 Å². The molecule has 144 valence electrons. The second-order valence-corrected chi connectivity index (χ2v) is 7.32. The van der Waals surface area contributed by atoms with Crippen LogP contribution in [0.15, 0.2) is 45.3 Å². The molecule has 1 amide bonds. The lowest BCUT2D eigenvalue weighted by Gasteiger charge is -2.05. The number of carbonyl (C=O) groups is 1. The summed E-state index contributed by atoms with van der Waals surface area (Å²) >= 11 is 1.46. The second-order valence-electron chi connectivity index (χ2n) is 6.31. The molecule has 4 aromatic rings. The van der Waals surface area contributed by atoms with E-state index in [1.165, 1.54) is 40.9 Å². The third kappa shape index (κ3) is 2.76. The van der Waals surface area contributed by atoms with E-state index in [-0.39, 0.29) is 17.7 Å². The Balaban J connectivity index is 1.65. The molecule has 3 aromatic heterocycles. The summed E-state index contributed by atoms with van der Waals surface area (Å²) < 4.78 is 6.61.